The Morgan fingerprint density at radius 2 is 1.90 bits per heavy atom. The molecule has 2 aromatic rings. The summed E-state index contributed by atoms with van der Waals surface area (Å²) in [6.45, 7) is 0.786. The Kier molecular flexibility index (Phi) is 3.08. The van der Waals surface area contributed by atoms with Crippen LogP contribution in [-0.4, -0.2) is 16.8 Å². The Labute approximate surface area is 124 Å². The fourth-order valence-electron chi connectivity index (χ4n) is 3.59. The van der Waals surface area contributed by atoms with Gasteiger partial charge in [-0.25, -0.2) is 0 Å². The first kappa shape index (κ1) is 12.7. The summed E-state index contributed by atoms with van der Waals surface area (Å²) < 4.78 is 0. The van der Waals surface area contributed by atoms with E-state index in [9.17, 15) is 4.79 Å². The second-order valence-corrected chi connectivity index (χ2v) is 5.95. The molecule has 0 saturated heterocycles. The Morgan fingerprint density at radius 3 is 2.81 bits per heavy atom. The van der Waals surface area contributed by atoms with Crippen molar-refractivity contribution >= 4 is 5.78 Å². The van der Waals surface area contributed by atoms with Crippen LogP contribution in [0.25, 0.3) is 0 Å². The molecule has 3 nitrogen and oxygen atoms in total. The third kappa shape index (κ3) is 2.18. The van der Waals surface area contributed by atoms with Gasteiger partial charge in [-0.15, -0.1) is 0 Å². The van der Waals surface area contributed by atoms with E-state index >= 15 is 0 Å². The zero-order valence-electron chi connectivity index (χ0n) is 11.9. The quantitative estimate of drug-likeness (QED) is 0.917. The Balaban J connectivity index is 1.57. The zero-order chi connectivity index (χ0) is 14.2. The molecule has 3 heteroatoms. The van der Waals surface area contributed by atoms with Gasteiger partial charge in [-0.05, 0) is 42.0 Å². The van der Waals surface area contributed by atoms with Crippen LogP contribution in [0.5, 0.6) is 0 Å². The van der Waals surface area contributed by atoms with E-state index in [0.29, 0.717) is 5.78 Å². The van der Waals surface area contributed by atoms with Gasteiger partial charge in [0.15, 0.2) is 5.78 Å². The minimum absolute atomic E-state index is 0.0241. The minimum atomic E-state index is -0.0714. The molecular weight excluding hydrogens is 260 g/mol. The van der Waals surface area contributed by atoms with Gasteiger partial charge in [0.1, 0.15) is 0 Å². The smallest absolute Gasteiger partial charge is 0.159 e. The molecule has 1 aliphatic carbocycles. The van der Waals surface area contributed by atoms with E-state index in [-0.39, 0.29) is 12.0 Å². The lowest BCUT2D eigenvalue weighted by Gasteiger charge is -2.27. The summed E-state index contributed by atoms with van der Waals surface area (Å²) in [5.41, 5.74) is 4.86. The summed E-state index contributed by atoms with van der Waals surface area (Å²) in [7, 11) is 0. The largest absolute Gasteiger partial charge is 0.303 e. The maximum absolute atomic E-state index is 12.9. The Morgan fingerprint density at radius 1 is 1.10 bits per heavy atom. The number of hydrogen-bond acceptors (Lipinski definition) is 3. The predicted molar refractivity (Wildman–Crippen MR) is 81.1 cm³/mol. The van der Waals surface area contributed by atoms with Gasteiger partial charge in [0.2, 0.25) is 0 Å². The molecule has 1 N–H and O–H groups in total. The average Bonchev–Trinajstić information content (AvgIpc) is 2.98. The van der Waals surface area contributed by atoms with Crippen molar-refractivity contribution in [3.63, 3.8) is 0 Å². The summed E-state index contributed by atoms with van der Waals surface area (Å²) in [5.74, 6) is 0.283. The lowest BCUT2D eigenvalue weighted by atomic mass is 9.88. The van der Waals surface area contributed by atoms with E-state index in [2.05, 4.69) is 40.6 Å². The molecule has 1 aromatic carbocycles. The monoisotopic (exact) mass is 278 g/mol. The maximum Gasteiger partial charge on any atom is 0.159 e. The summed E-state index contributed by atoms with van der Waals surface area (Å²) in [6, 6.07) is 12.4. The molecule has 1 aromatic heterocycles. The van der Waals surface area contributed by atoms with E-state index in [1.54, 1.807) is 6.20 Å². The van der Waals surface area contributed by atoms with Crippen LogP contribution in [0.2, 0.25) is 0 Å². The van der Waals surface area contributed by atoms with Crippen molar-refractivity contribution in [3.8, 4) is 0 Å². The van der Waals surface area contributed by atoms with Gasteiger partial charge in [-0.2, -0.15) is 0 Å². The van der Waals surface area contributed by atoms with E-state index in [0.717, 1.165) is 31.5 Å². The van der Waals surface area contributed by atoms with Crippen LogP contribution in [0.4, 0.5) is 0 Å². The topological polar surface area (TPSA) is 42.0 Å². The van der Waals surface area contributed by atoms with Crippen LogP contribution in [-0.2, 0) is 24.2 Å². The number of Topliss-reactive ketones (excluding diaryl/α,β-unsaturated/α-hetero) is 1. The van der Waals surface area contributed by atoms with Gasteiger partial charge in [-0.1, -0.05) is 30.3 Å². The predicted octanol–water partition coefficient (Wildman–Crippen LogP) is 2.40. The van der Waals surface area contributed by atoms with E-state index < -0.39 is 0 Å². The average molecular weight is 278 g/mol. The third-order valence-corrected chi connectivity index (χ3v) is 4.73. The number of hydrogen-bond donors (Lipinski definition) is 1. The number of rotatable bonds is 2. The first-order chi connectivity index (χ1) is 10.3. The van der Waals surface area contributed by atoms with Gasteiger partial charge in [0, 0.05) is 12.7 Å². The molecule has 2 aliphatic rings. The highest BCUT2D eigenvalue weighted by Gasteiger charge is 2.35. The number of fused-ring (bicyclic) bond motifs is 2. The maximum atomic E-state index is 12.9. The lowest BCUT2D eigenvalue weighted by Crippen LogP contribution is -2.43. The molecule has 0 amide bonds. The molecule has 2 atom stereocenters. The molecule has 2 unspecified atom stereocenters. The van der Waals surface area contributed by atoms with E-state index in [1.807, 2.05) is 6.07 Å². The Bertz CT molecular complexity index is 695. The molecule has 0 radical (unpaired) electrons. The summed E-state index contributed by atoms with van der Waals surface area (Å²) in [4.78, 5) is 17.3. The van der Waals surface area contributed by atoms with Crippen molar-refractivity contribution in [2.45, 2.75) is 37.8 Å². The van der Waals surface area contributed by atoms with Gasteiger partial charge in [-0.3, -0.25) is 9.78 Å². The number of nitrogens with zero attached hydrogens (tertiary/aromatic N) is 1. The number of carbonyl (C=O) groups excluding carboxylic acids is 1. The molecule has 21 heavy (non-hydrogen) atoms. The van der Waals surface area contributed by atoms with Crippen LogP contribution in [0.1, 0.15) is 34.7 Å². The number of carbonyl (C=O) groups is 1. The summed E-state index contributed by atoms with van der Waals surface area (Å²) in [6.07, 6.45) is 4.48. The molecule has 1 aliphatic heterocycles. The fraction of sp³-hybridized carbons (Fsp3) is 0.333. The number of benzene rings is 1. The number of aryl methyl sites for hydroxylation is 1. The number of nitrogens with one attached hydrogen (secondary N) is 1. The van der Waals surface area contributed by atoms with Crippen molar-refractivity contribution in [3.05, 3.63) is 65.0 Å². The van der Waals surface area contributed by atoms with Gasteiger partial charge in [0.25, 0.3) is 0 Å². The zero-order valence-corrected chi connectivity index (χ0v) is 11.9. The van der Waals surface area contributed by atoms with Crippen LogP contribution < -0.4 is 5.32 Å². The van der Waals surface area contributed by atoms with Crippen molar-refractivity contribution in [1.29, 1.82) is 0 Å². The molecule has 0 bridgehead atoms. The SMILES string of the molecule is O=C(C1Cc2ccccc2CN1)C1CCc2cccnc21. The molecule has 2 heterocycles. The van der Waals surface area contributed by atoms with E-state index in [1.165, 1.54) is 16.7 Å². The standard InChI is InChI=1S/C18H18N2O/c21-18(15-8-7-12-6-3-9-19-17(12)15)16-10-13-4-1-2-5-14(13)11-20-16/h1-6,9,15-16,20H,7-8,10-11H2. The van der Waals surface area contributed by atoms with Crippen LogP contribution in [0, 0.1) is 0 Å². The van der Waals surface area contributed by atoms with Gasteiger partial charge in [0.05, 0.1) is 17.7 Å². The molecule has 0 fully saturated rings. The molecule has 0 saturated carbocycles. The molecular formula is C18H18N2O. The fourth-order valence-corrected chi connectivity index (χ4v) is 3.59. The summed E-state index contributed by atoms with van der Waals surface area (Å²) in [5, 5.41) is 3.41. The second-order valence-electron chi connectivity index (χ2n) is 5.95. The van der Waals surface area contributed by atoms with Gasteiger partial charge < -0.3 is 5.32 Å². The van der Waals surface area contributed by atoms with Crippen molar-refractivity contribution in [1.82, 2.24) is 10.3 Å². The van der Waals surface area contributed by atoms with E-state index in [4.69, 9.17) is 0 Å². The third-order valence-electron chi connectivity index (χ3n) is 4.73. The van der Waals surface area contributed by atoms with Crippen molar-refractivity contribution in [2.75, 3.05) is 0 Å². The highest BCUT2D eigenvalue weighted by molar-refractivity contribution is 5.91. The normalized spacial score (nSPS) is 23.4. The summed E-state index contributed by atoms with van der Waals surface area (Å²) >= 11 is 0. The minimum Gasteiger partial charge on any atom is -0.303 e. The molecule has 4 rings (SSSR count). The van der Waals surface area contributed by atoms with Gasteiger partial charge >= 0.3 is 0 Å². The second kappa shape index (κ2) is 5.08. The Hall–Kier alpha value is -2.00. The van der Waals surface area contributed by atoms with Crippen LogP contribution in [0.3, 0.4) is 0 Å². The van der Waals surface area contributed by atoms with Crippen molar-refractivity contribution in [2.24, 2.45) is 0 Å². The lowest BCUT2D eigenvalue weighted by molar-refractivity contribution is -0.122. The first-order valence-electron chi connectivity index (χ1n) is 7.60. The van der Waals surface area contributed by atoms with Crippen LogP contribution >= 0.6 is 0 Å². The van der Waals surface area contributed by atoms with Crippen LogP contribution in [0.15, 0.2) is 42.6 Å². The highest BCUT2D eigenvalue weighted by atomic mass is 16.1. The molecule has 0 spiro atoms. The highest BCUT2D eigenvalue weighted by Crippen LogP contribution is 2.33. The van der Waals surface area contributed by atoms with Crippen molar-refractivity contribution < 1.29 is 4.79 Å². The number of pyridine rings is 1. The number of ketones is 1. The molecule has 106 valence electrons. The first-order valence-corrected chi connectivity index (χ1v) is 7.60. The number of aromatic nitrogens is 1.